The number of halogens is 6. The van der Waals surface area contributed by atoms with Crippen LogP contribution < -0.4 is 10.6 Å². The normalized spacial score (nSPS) is 21.0. The molecule has 11 heteroatoms. The third-order valence-corrected chi connectivity index (χ3v) is 5.80. The molecule has 2 aliphatic heterocycles. The molecule has 1 N–H and O–H groups in total. The van der Waals surface area contributed by atoms with Gasteiger partial charge in [-0.2, -0.15) is 26.3 Å². The first-order chi connectivity index (χ1) is 14.5. The molecule has 0 aliphatic carbocycles. The van der Waals surface area contributed by atoms with Crippen molar-refractivity contribution in [2.24, 2.45) is 0 Å². The highest BCUT2D eigenvalue weighted by Crippen LogP contribution is 2.44. The fraction of sp³-hybridized carbons (Fsp3) is 0.300. The lowest BCUT2D eigenvalue weighted by molar-refractivity contribution is -0.141. The number of benzene rings is 1. The summed E-state index contributed by atoms with van der Waals surface area (Å²) in [5, 5.41) is 2.20. The average Bonchev–Trinajstić information content (AvgIpc) is 3.29. The second kappa shape index (κ2) is 7.60. The van der Waals surface area contributed by atoms with Crippen LogP contribution in [0.15, 0.2) is 42.0 Å². The molecule has 0 saturated carbocycles. The lowest BCUT2D eigenvalue weighted by atomic mass is 9.89. The van der Waals surface area contributed by atoms with Gasteiger partial charge in [-0.15, -0.1) is 9.24 Å². The van der Waals surface area contributed by atoms with Gasteiger partial charge in [0.15, 0.2) is 0 Å². The molecule has 1 fully saturated rings. The maximum absolute atomic E-state index is 13.2. The molecule has 3 unspecified atom stereocenters. The zero-order valence-electron chi connectivity index (χ0n) is 15.6. The molecule has 164 valence electrons. The summed E-state index contributed by atoms with van der Waals surface area (Å²) in [4.78, 5) is 16.6. The lowest BCUT2D eigenvalue weighted by Gasteiger charge is -2.19. The van der Waals surface area contributed by atoms with Crippen molar-refractivity contribution in [1.82, 2.24) is 4.98 Å². The van der Waals surface area contributed by atoms with Gasteiger partial charge in [-0.25, -0.2) is 4.98 Å². The maximum Gasteiger partial charge on any atom is 0.433 e. The lowest BCUT2D eigenvalue weighted by Crippen LogP contribution is -2.26. The molecular formula is C20H15F6N2O2P. The van der Waals surface area contributed by atoms with Crippen LogP contribution >= 0.6 is 9.24 Å². The quantitative estimate of drug-likeness (QED) is 0.540. The number of hydrogen-bond donors (Lipinski definition) is 1. The highest BCUT2D eigenvalue weighted by molar-refractivity contribution is 7.28. The number of nitrogens with zero attached hydrogens (tertiary/aromatic N) is 1. The largest absolute Gasteiger partial charge is 0.433 e. The van der Waals surface area contributed by atoms with Crippen molar-refractivity contribution in [1.29, 1.82) is 0 Å². The van der Waals surface area contributed by atoms with E-state index in [0.29, 0.717) is 12.8 Å². The van der Waals surface area contributed by atoms with Crippen LogP contribution in [-0.2, 0) is 21.9 Å². The van der Waals surface area contributed by atoms with E-state index >= 15 is 0 Å². The molecule has 0 spiro atoms. The highest BCUT2D eigenvalue weighted by atomic mass is 31.0. The summed E-state index contributed by atoms with van der Waals surface area (Å²) >= 11 is 0. The summed E-state index contributed by atoms with van der Waals surface area (Å²) in [7, 11) is 1.96. The maximum atomic E-state index is 13.2. The Kier molecular flexibility index (Phi) is 5.34. The molecule has 31 heavy (non-hydrogen) atoms. The van der Waals surface area contributed by atoms with E-state index in [1.807, 2.05) is 9.24 Å². The van der Waals surface area contributed by atoms with Crippen molar-refractivity contribution in [3.8, 4) is 0 Å². The van der Waals surface area contributed by atoms with E-state index in [-0.39, 0.29) is 27.8 Å². The molecule has 3 atom stereocenters. The zero-order valence-corrected chi connectivity index (χ0v) is 16.8. The number of pyridine rings is 1. The SMILES string of the molecule is O=C(Nc1cccc(C(F)(F)F)c1P)C1=C(c2cccc(C(F)(F)F)n2)C2CCC1O2. The third kappa shape index (κ3) is 4.06. The molecule has 1 aromatic carbocycles. The number of ether oxygens (including phenoxy) is 1. The Morgan fingerprint density at radius 2 is 1.68 bits per heavy atom. The van der Waals surface area contributed by atoms with E-state index < -0.39 is 41.7 Å². The average molecular weight is 460 g/mol. The fourth-order valence-electron chi connectivity index (χ4n) is 3.83. The molecule has 1 amide bonds. The van der Waals surface area contributed by atoms with Gasteiger partial charge >= 0.3 is 12.4 Å². The number of anilines is 1. The molecule has 2 bridgehead atoms. The first kappa shape index (κ1) is 21.8. The standard InChI is InChI=1S/C20H15F6N2O2P/c21-19(22,23)9-3-1-5-11(17(9)31)28-18(29)16-13-8-7-12(30-13)15(16)10-4-2-6-14(27-10)20(24,25)26/h1-6,12-13H,7-8,31H2,(H,28,29). The van der Waals surface area contributed by atoms with E-state index in [2.05, 4.69) is 10.3 Å². The molecule has 3 heterocycles. The predicted molar refractivity (Wildman–Crippen MR) is 103 cm³/mol. The van der Waals surface area contributed by atoms with Gasteiger partial charge in [-0.1, -0.05) is 12.1 Å². The number of carbonyl (C=O) groups is 1. The monoisotopic (exact) mass is 460 g/mol. The van der Waals surface area contributed by atoms with Crippen molar-refractivity contribution in [3.05, 3.63) is 58.9 Å². The number of carbonyl (C=O) groups excluding carboxylic acids is 1. The molecule has 2 aromatic rings. The second-order valence-corrected chi connectivity index (χ2v) is 7.72. The van der Waals surface area contributed by atoms with Gasteiger partial charge in [-0.3, -0.25) is 4.79 Å². The van der Waals surface area contributed by atoms with Gasteiger partial charge in [0.1, 0.15) is 5.69 Å². The Morgan fingerprint density at radius 1 is 1.00 bits per heavy atom. The number of nitrogens with one attached hydrogen (secondary N) is 1. The van der Waals surface area contributed by atoms with Crippen molar-refractivity contribution >= 4 is 31.7 Å². The summed E-state index contributed by atoms with van der Waals surface area (Å²) in [6.07, 6.45) is -9.54. The van der Waals surface area contributed by atoms with Crippen molar-refractivity contribution < 1.29 is 35.9 Å². The van der Waals surface area contributed by atoms with E-state index in [1.54, 1.807) is 0 Å². The van der Waals surface area contributed by atoms with Gasteiger partial charge in [0.25, 0.3) is 5.91 Å². The van der Waals surface area contributed by atoms with Gasteiger partial charge in [0.05, 0.1) is 29.0 Å². The Labute approximate surface area is 174 Å². The number of aromatic nitrogens is 1. The Balaban J connectivity index is 1.73. The molecule has 1 aromatic heterocycles. The summed E-state index contributed by atoms with van der Waals surface area (Å²) in [6, 6.07) is 6.72. The zero-order chi connectivity index (χ0) is 22.6. The van der Waals surface area contributed by atoms with E-state index in [0.717, 1.165) is 18.2 Å². The number of amides is 1. The first-order valence-corrected chi connectivity index (χ1v) is 9.75. The topological polar surface area (TPSA) is 51.2 Å². The van der Waals surface area contributed by atoms with Gasteiger partial charge in [0, 0.05) is 16.6 Å². The Hall–Kier alpha value is -2.45. The molecule has 1 saturated heterocycles. The minimum atomic E-state index is -4.66. The Bertz CT molecular complexity index is 1080. The van der Waals surface area contributed by atoms with E-state index in [1.165, 1.54) is 18.2 Å². The minimum absolute atomic E-state index is 0.0395. The van der Waals surface area contributed by atoms with Crippen LogP contribution in [0.5, 0.6) is 0 Å². The number of hydrogen-bond acceptors (Lipinski definition) is 3. The first-order valence-electron chi connectivity index (χ1n) is 9.18. The summed E-state index contributed by atoms with van der Waals surface area (Å²) < 4.78 is 84.4. The minimum Gasteiger partial charge on any atom is -0.365 e. The van der Waals surface area contributed by atoms with Crippen LogP contribution in [0.4, 0.5) is 32.0 Å². The van der Waals surface area contributed by atoms with Crippen LogP contribution in [-0.4, -0.2) is 23.1 Å². The van der Waals surface area contributed by atoms with E-state index in [4.69, 9.17) is 4.74 Å². The summed E-state index contributed by atoms with van der Waals surface area (Å²) in [6.45, 7) is 0. The number of fused-ring (bicyclic) bond motifs is 2. The van der Waals surface area contributed by atoms with Crippen LogP contribution in [0.1, 0.15) is 29.8 Å². The molecule has 4 rings (SSSR count). The summed E-state index contributed by atoms with van der Waals surface area (Å²) in [5.41, 5.74) is -1.82. The molecule has 4 nitrogen and oxygen atoms in total. The third-order valence-electron chi connectivity index (χ3n) is 5.17. The second-order valence-electron chi connectivity index (χ2n) is 7.14. The van der Waals surface area contributed by atoms with Crippen molar-refractivity contribution in [2.75, 3.05) is 5.32 Å². The number of alkyl halides is 6. The van der Waals surface area contributed by atoms with Gasteiger partial charge < -0.3 is 10.1 Å². The van der Waals surface area contributed by atoms with Crippen LogP contribution in [0.2, 0.25) is 0 Å². The molecular weight excluding hydrogens is 445 g/mol. The van der Waals surface area contributed by atoms with E-state index in [9.17, 15) is 31.1 Å². The molecule has 2 aliphatic rings. The highest BCUT2D eigenvalue weighted by Gasteiger charge is 2.45. The van der Waals surface area contributed by atoms with Gasteiger partial charge in [0.2, 0.25) is 0 Å². The molecule has 0 radical (unpaired) electrons. The van der Waals surface area contributed by atoms with Crippen molar-refractivity contribution in [3.63, 3.8) is 0 Å². The summed E-state index contributed by atoms with van der Waals surface area (Å²) in [5.74, 6) is -0.732. The van der Waals surface area contributed by atoms with Crippen LogP contribution in [0, 0.1) is 0 Å². The fourth-order valence-corrected chi connectivity index (χ4v) is 4.26. The Morgan fingerprint density at radius 3 is 2.35 bits per heavy atom. The van der Waals surface area contributed by atoms with Crippen molar-refractivity contribution in [2.45, 2.75) is 37.4 Å². The predicted octanol–water partition coefficient (Wildman–Crippen LogP) is 4.57. The van der Waals surface area contributed by atoms with Gasteiger partial charge in [-0.05, 0) is 37.1 Å². The smallest absolute Gasteiger partial charge is 0.365 e. The number of rotatable bonds is 3. The van der Waals surface area contributed by atoms with Crippen LogP contribution in [0.25, 0.3) is 5.57 Å². The van der Waals surface area contributed by atoms with Crippen LogP contribution in [0.3, 0.4) is 0 Å².